The number of benzene rings is 2. The molecule has 2 aromatic rings. The monoisotopic (exact) mass is 297 g/mol. The Kier molecular flexibility index (Phi) is 4.87. The van der Waals surface area contributed by atoms with E-state index >= 15 is 0 Å². The molecule has 1 saturated carbocycles. The van der Waals surface area contributed by atoms with Crippen LogP contribution in [-0.2, 0) is 6.54 Å². The smallest absolute Gasteiger partial charge is 0.0481 e. The van der Waals surface area contributed by atoms with Gasteiger partial charge in [-0.25, -0.2) is 0 Å². The summed E-state index contributed by atoms with van der Waals surface area (Å²) in [7, 11) is 0. The predicted octanol–water partition coefficient (Wildman–Crippen LogP) is 5.64. The van der Waals surface area contributed by atoms with E-state index in [1.165, 1.54) is 47.4 Å². The average molecular weight is 297 g/mol. The molecule has 21 heavy (non-hydrogen) atoms. The minimum Gasteiger partial charge on any atom is -0.380 e. The lowest BCUT2D eigenvalue weighted by molar-refractivity contribution is 0.886. The fourth-order valence-corrected chi connectivity index (χ4v) is 4.27. The van der Waals surface area contributed by atoms with Gasteiger partial charge < -0.3 is 5.32 Å². The van der Waals surface area contributed by atoms with Gasteiger partial charge in [-0.3, -0.25) is 0 Å². The van der Waals surface area contributed by atoms with Gasteiger partial charge in [0.2, 0.25) is 0 Å². The van der Waals surface area contributed by atoms with Crippen molar-refractivity contribution in [3.05, 3.63) is 59.7 Å². The molecular weight excluding hydrogens is 274 g/mol. The van der Waals surface area contributed by atoms with Crippen molar-refractivity contribution in [2.75, 3.05) is 5.32 Å². The van der Waals surface area contributed by atoms with Crippen LogP contribution in [0.4, 0.5) is 5.69 Å². The molecule has 0 aliphatic heterocycles. The van der Waals surface area contributed by atoms with E-state index in [-0.39, 0.29) is 0 Å². The van der Waals surface area contributed by atoms with E-state index in [9.17, 15) is 0 Å². The second-order valence-electron chi connectivity index (χ2n) is 5.86. The molecule has 1 fully saturated rings. The predicted molar refractivity (Wildman–Crippen MR) is 93.1 cm³/mol. The quantitative estimate of drug-likeness (QED) is 0.766. The van der Waals surface area contributed by atoms with Crippen molar-refractivity contribution >= 4 is 17.4 Å². The number of para-hydroxylation sites is 1. The molecule has 0 spiro atoms. The molecule has 1 aliphatic rings. The topological polar surface area (TPSA) is 12.0 Å². The normalized spacial score (nSPS) is 15.3. The molecule has 0 unspecified atom stereocenters. The van der Waals surface area contributed by atoms with E-state index in [1.807, 2.05) is 0 Å². The van der Waals surface area contributed by atoms with Crippen LogP contribution in [0.25, 0.3) is 0 Å². The average Bonchev–Trinajstić information content (AvgIpc) is 2.99. The van der Waals surface area contributed by atoms with Gasteiger partial charge in [-0.1, -0.05) is 54.8 Å². The van der Waals surface area contributed by atoms with Gasteiger partial charge in [0.05, 0.1) is 0 Å². The number of hydrogen-bond acceptors (Lipinski definition) is 2. The van der Waals surface area contributed by atoms with Crippen LogP contribution >= 0.6 is 11.8 Å². The van der Waals surface area contributed by atoms with Crippen LogP contribution in [0.3, 0.4) is 0 Å². The van der Waals surface area contributed by atoms with Crippen LogP contribution < -0.4 is 5.32 Å². The third kappa shape index (κ3) is 4.04. The fraction of sp³-hybridized carbons (Fsp3) is 0.368. The Labute approximate surface area is 132 Å². The molecule has 1 aliphatic carbocycles. The van der Waals surface area contributed by atoms with Gasteiger partial charge in [0.15, 0.2) is 0 Å². The second-order valence-corrected chi connectivity index (χ2v) is 7.21. The highest BCUT2D eigenvalue weighted by molar-refractivity contribution is 8.00. The summed E-state index contributed by atoms with van der Waals surface area (Å²) in [5, 5.41) is 4.42. The minimum absolute atomic E-state index is 0.812. The molecule has 2 heteroatoms. The zero-order valence-corrected chi connectivity index (χ0v) is 13.5. The Bertz CT molecular complexity index is 588. The van der Waals surface area contributed by atoms with E-state index in [2.05, 4.69) is 72.5 Å². The Morgan fingerprint density at radius 2 is 1.86 bits per heavy atom. The zero-order valence-electron chi connectivity index (χ0n) is 12.6. The van der Waals surface area contributed by atoms with Crippen molar-refractivity contribution in [3.8, 4) is 0 Å². The molecule has 0 radical (unpaired) electrons. The minimum atomic E-state index is 0.812. The number of nitrogens with one attached hydrogen (secondary N) is 1. The van der Waals surface area contributed by atoms with Crippen LogP contribution in [0.5, 0.6) is 0 Å². The summed E-state index contributed by atoms with van der Waals surface area (Å²) in [5.41, 5.74) is 3.94. The zero-order chi connectivity index (χ0) is 14.5. The van der Waals surface area contributed by atoms with Gasteiger partial charge in [0.1, 0.15) is 0 Å². The van der Waals surface area contributed by atoms with Crippen molar-refractivity contribution in [1.29, 1.82) is 0 Å². The number of thioether (sulfide) groups is 1. The van der Waals surface area contributed by atoms with E-state index in [0.29, 0.717) is 0 Å². The van der Waals surface area contributed by atoms with Crippen molar-refractivity contribution in [2.24, 2.45) is 0 Å². The van der Waals surface area contributed by atoms with Gasteiger partial charge in [-0.2, -0.15) is 0 Å². The molecule has 2 aromatic carbocycles. The molecule has 0 bridgehead atoms. The molecule has 110 valence electrons. The van der Waals surface area contributed by atoms with Gasteiger partial charge in [0.25, 0.3) is 0 Å². The van der Waals surface area contributed by atoms with Gasteiger partial charge >= 0.3 is 0 Å². The standard InChI is InChI=1S/C19H23NS/c1-15-7-6-8-16(13-15)14-20-18-11-4-5-12-19(18)21-17-9-2-3-10-17/h4-8,11-13,17,20H,2-3,9-10,14H2,1H3. The highest BCUT2D eigenvalue weighted by Gasteiger charge is 2.17. The summed E-state index contributed by atoms with van der Waals surface area (Å²) in [5.74, 6) is 0. The molecule has 1 N–H and O–H groups in total. The lowest BCUT2D eigenvalue weighted by Gasteiger charge is -2.15. The summed E-state index contributed by atoms with van der Waals surface area (Å²) in [6, 6.07) is 17.4. The summed E-state index contributed by atoms with van der Waals surface area (Å²) >= 11 is 2.05. The van der Waals surface area contributed by atoms with Crippen LogP contribution in [0.2, 0.25) is 0 Å². The number of anilines is 1. The van der Waals surface area contributed by atoms with Crippen molar-refractivity contribution in [1.82, 2.24) is 0 Å². The lowest BCUT2D eigenvalue weighted by atomic mass is 10.1. The van der Waals surface area contributed by atoms with E-state index in [4.69, 9.17) is 0 Å². The molecular formula is C19H23NS. The maximum absolute atomic E-state index is 3.61. The van der Waals surface area contributed by atoms with E-state index < -0.39 is 0 Å². The fourth-order valence-electron chi connectivity index (χ4n) is 2.92. The van der Waals surface area contributed by atoms with E-state index in [0.717, 1.165) is 11.8 Å². The van der Waals surface area contributed by atoms with Gasteiger partial charge in [-0.05, 0) is 37.5 Å². The lowest BCUT2D eigenvalue weighted by Crippen LogP contribution is -2.02. The number of hydrogen-bond donors (Lipinski definition) is 1. The molecule has 0 saturated heterocycles. The molecule has 3 rings (SSSR count). The molecule has 0 amide bonds. The first-order valence-corrected chi connectivity index (χ1v) is 8.74. The molecule has 0 heterocycles. The third-order valence-corrected chi connectivity index (χ3v) is 5.46. The first-order valence-electron chi connectivity index (χ1n) is 7.86. The molecule has 1 nitrogen and oxygen atoms in total. The first-order chi connectivity index (χ1) is 10.3. The summed E-state index contributed by atoms with van der Waals surface area (Å²) in [6.07, 6.45) is 5.54. The first kappa shape index (κ1) is 14.5. The summed E-state index contributed by atoms with van der Waals surface area (Å²) in [6.45, 7) is 3.04. The number of aryl methyl sites for hydroxylation is 1. The Morgan fingerprint density at radius 1 is 1.05 bits per heavy atom. The van der Waals surface area contributed by atoms with E-state index in [1.54, 1.807) is 0 Å². The maximum Gasteiger partial charge on any atom is 0.0481 e. The van der Waals surface area contributed by atoms with Crippen molar-refractivity contribution in [3.63, 3.8) is 0 Å². The SMILES string of the molecule is Cc1cccc(CNc2ccccc2SC2CCCC2)c1. The summed E-state index contributed by atoms with van der Waals surface area (Å²) < 4.78 is 0. The van der Waals surface area contributed by atoms with Gasteiger partial charge in [0, 0.05) is 22.4 Å². The Hall–Kier alpha value is -1.41. The van der Waals surface area contributed by atoms with Crippen LogP contribution in [-0.4, -0.2) is 5.25 Å². The highest BCUT2D eigenvalue weighted by Crippen LogP contribution is 2.38. The van der Waals surface area contributed by atoms with Crippen molar-refractivity contribution in [2.45, 2.75) is 49.3 Å². The highest BCUT2D eigenvalue weighted by atomic mass is 32.2. The maximum atomic E-state index is 3.61. The van der Waals surface area contributed by atoms with Crippen LogP contribution in [0.1, 0.15) is 36.8 Å². The largest absolute Gasteiger partial charge is 0.380 e. The molecule has 0 atom stereocenters. The van der Waals surface area contributed by atoms with Crippen LogP contribution in [0, 0.1) is 6.92 Å². The van der Waals surface area contributed by atoms with Gasteiger partial charge in [-0.15, -0.1) is 11.8 Å². The second kappa shape index (κ2) is 7.04. The van der Waals surface area contributed by atoms with Crippen LogP contribution in [0.15, 0.2) is 53.4 Å². The molecule has 0 aromatic heterocycles. The van der Waals surface area contributed by atoms with Crippen molar-refractivity contribution < 1.29 is 0 Å². The number of rotatable bonds is 5. The Balaban J connectivity index is 1.67. The third-order valence-electron chi connectivity index (χ3n) is 4.05. The summed E-state index contributed by atoms with van der Waals surface area (Å²) in [4.78, 5) is 1.40. The Morgan fingerprint density at radius 3 is 2.67 bits per heavy atom.